The zero-order valence-electron chi connectivity index (χ0n) is 14.0. The van der Waals surface area contributed by atoms with Crippen LogP contribution >= 0.6 is 0 Å². The van der Waals surface area contributed by atoms with Crippen LogP contribution in [0, 0.1) is 17.1 Å². The average Bonchev–Trinajstić information content (AvgIpc) is 3.44. The van der Waals surface area contributed by atoms with Gasteiger partial charge in [0.25, 0.3) is 0 Å². The fraction of sp³-hybridized carbons (Fsp3) is 0.444. The summed E-state index contributed by atoms with van der Waals surface area (Å²) in [5, 5.41) is 11.8. The van der Waals surface area contributed by atoms with E-state index in [2.05, 4.69) is 5.32 Å². The van der Waals surface area contributed by atoms with Gasteiger partial charge < -0.3 is 19.4 Å². The molecule has 0 spiro atoms. The van der Waals surface area contributed by atoms with E-state index in [0.29, 0.717) is 48.9 Å². The Labute approximate surface area is 144 Å². The van der Waals surface area contributed by atoms with Gasteiger partial charge in [0.05, 0.1) is 43.7 Å². The molecule has 6 nitrogen and oxygen atoms in total. The molecule has 2 aromatic rings. The minimum Gasteiger partial charge on any atom is -0.492 e. The van der Waals surface area contributed by atoms with Gasteiger partial charge >= 0.3 is 0 Å². The zero-order valence-corrected chi connectivity index (χ0v) is 14.0. The first-order valence-electron chi connectivity index (χ1n) is 8.27. The number of anilines is 1. The van der Waals surface area contributed by atoms with E-state index in [4.69, 9.17) is 14.7 Å². The number of aromatic nitrogens is 1. The van der Waals surface area contributed by atoms with Crippen LogP contribution in [0.1, 0.15) is 25.3 Å². The van der Waals surface area contributed by atoms with Gasteiger partial charge in [0.15, 0.2) is 17.0 Å². The summed E-state index contributed by atoms with van der Waals surface area (Å²) in [5.74, 6) is -0.205. The summed E-state index contributed by atoms with van der Waals surface area (Å²) in [4.78, 5) is 12.2. The predicted octanol–water partition coefficient (Wildman–Crippen LogP) is 2.83. The highest BCUT2D eigenvalue weighted by Crippen LogP contribution is 2.41. The fourth-order valence-corrected chi connectivity index (χ4v) is 2.86. The normalized spacial score (nSPS) is 13.6. The Hall–Kier alpha value is -2.59. The number of fused-ring (bicyclic) bond motifs is 1. The first-order valence-corrected chi connectivity index (χ1v) is 8.27. The molecule has 132 valence electrons. The van der Waals surface area contributed by atoms with Crippen LogP contribution in [0.5, 0.6) is 5.75 Å². The van der Waals surface area contributed by atoms with Gasteiger partial charge in [-0.2, -0.15) is 5.26 Å². The van der Waals surface area contributed by atoms with E-state index in [1.165, 1.54) is 19.2 Å². The lowest BCUT2D eigenvalue weighted by Gasteiger charge is -2.18. The van der Waals surface area contributed by atoms with Crippen molar-refractivity contribution < 1.29 is 13.9 Å². The molecule has 1 heterocycles. The number of nitrogens with zero attached hydrogens (tertiary/aromatic N) is 2. The minimum absolute atomic E-state index is 0.221. The van der Waals surface area contributed by atoms with Gasteiger partial charge in [0, 0.05) is 24.8 Å². The van der Waals surface area contributed by atoms with Gasteiger partial charge in [0.2, 0.25) is 0 Å². The Morgan fingerprint density at radius 1 is 1.44 bits per heavy atom. The Balaban J connectivity index is 1.93. The monoisotopic (exact) mass is 345 g/mol. The van der Waals surface area contributed by atoms with Crippen LogP contribution in [0.15, 0.2) is 23.1 Å². The molecule has 25 heavy (non-hydrogen) atoms. The van der Waals surface area contributed by atoms with Crippen molar-refractivity contribution in [1.82, 2.24) is 4.57 Å². The van der Waals surface area contributed by atoms with Crippen molar-refractivity contribution in [2.24, 2.45) is 0 Å². The molecule has 0 saturated heterocycles. The maximum absolute atomic E-state index is 14.6. The second kappa shape index (κ2) is 7.53. The van der Waals surface area contributed by atoms with Crippen molar-refractivity contribution in [3.63, 3.8) is 0 Å². The van der Waals surface area contributed by atoms with Crippen LogP contribution in [0.2, 0.25) is 0 Å². The third-order valence-electron chi connectivity index (χ3n) is 4.17. The lowest BCUT2D eigenvalue weighted by atomic mass is 10.1. The Bertz CT molecular complexity index is 868. The molecule has 0 unspecified atom stereocenters. The number of nitrogens with one attached hydrogen (secondary N) is 1. The molecule has 1 N–H and O–H groups in total. The third kappa shape index (κ3) is 3.59. The highest BCUT2D eigenvalue weighted by atomic mass is 19.1. The Morgan fingerprint density at radius 3 is 2.92 bits per heavy atom. The third-order valence-corrected chi connectivity index (χ3v) is 4.17. The van der Waals surface area contributed by atoms with Crippen LogP contribution in [0.3, 0.4) is 0 Å². The number of halogens is 1. The van der Waals surface area contributed by atoms with Gasteiger partial charge in [-0.3, -0.25) is 4.79 Å². The number of rotatable bonds is 8. The lowest BCUT2D eigenvalue weighted by molar-refractivity contribution is 0.149. The number of nitriles is 1. The van der Waals surface area contributed by atoms with E-state index < -0.39 is 5.82 Å². The molecule has 1 fully saturated rings. The van der Waals surface area contributed by atoms with E-state index in [1.807, 2.05) is 10.6 Å². The topological polar surface area (TPSA) is 76.3 Å². The van der Waals surface area contributed by atoms with E-state index in [-0.39, 0.29) is 11.1 Å². The van der Waals surface area contributed by atoms with Crippen molar-refractivity contribution in [2.75, 3.05) is 32.2 Å². The molecule has 0 bridgehead atoms. The maximum atomic E-state index is 14.6. The SMILES string of the molecule is COc1c(NCCOCCC#N)c(F)cc2c(=O)ccn(C3CC3)c12. The molecule has 0 radical (unpaired) electrons. The number of hydrogen-bond donors (Lipinski definition) is 1. The fourth-order valence-electron chi connectivity index (χ4n) is 2.86. The van der Waals surface area contributed by atoms with Crippen molar-refractivity contribution in [1.29, 1.82) is 5.26 Å². The summed E-state index contributed by atoms with van der Waals surface area (Å²) in [5.41, 5.74) is 0.612. The molecule has 1 aliphatic rings. The smallest absolute Gasteiger partial charge is 0.189 e. The van der Waals surface area contributed by atoms with Gasteiger partial charge in [-0.05, 0) is 18.9 Å². The van der Waals surface area contributed by atoms with E-state index in [9.17, 15) is 9.18 Å². The van der Waals surface area contributed by atoms with Gasteiger partial charge in [-0.25, -0.2) is 4.39 Å². The summed E-state index contributed by atoms with van der Waals surface area (Å²) < 4.78 is 27.3. The number of benzene rings is 1. The van der Waals surface area contributed by atoms with E-state index >= 15 is 0 Å². The first kappa shape index (κ1) is 17.2. The average molecular weight is 345 g/mol. The summed E-state index contributed by atoms with van der Waals surface area (Å²) in [6.45, 7) is 1.05. The van der Waals surface area contributed by atoms with E-state index in [0.717, 1.165) is 12.8 Å². The summed E-state index contributed by atoms with van der Waals surface area (Å²) in [6, 6.07) is 5.05. The van der Waals surface area contributed by atoms with Crippen molar-refractivity contribution in [3.05, 3.63) is 34.4 Å². The number of ether oxygens (including phenoxy) is 2. The van der Waals surface area contributed by atoms with Gasteiger partial charge in [-0.1, -0.05) is 0 Å². The molecule has 1 aromatic carbocycles. The Morgan fingerprint density at radius 2 is 2.24 bits per heavy atom. The molecule has 3 rings (SSSR count). The van der Waals surface area contributed by atoms with Gasteiger partial charge in [0.1, 0.15) is 5.69 Å². The summed E-state index contributed by atoms with van der Waals surface area (Å²) in [6.07, 6.45) is 4.14. The number of methoxy groups -OCH3 is 1. The van der Waals surface area contributed by atoms with Crippen LogP contribution in [-0.4, -0.2) is 31.4 Å². The molecular weight excluding hydrogens is 325 g/mol. The minimum atomic E-state index is -0.535. The maximum Gasteiger partial charge on any atom is 0.189 e. The first-order chi connectivity index (χ1) is 12.2. The van der Waals surface area contributed by atoms with Crippen LogP contribution in [0.4, 0.5) is 10.1 Å². The van der Waals surface area contributed by atoms with Crippen LogP contribution < -0.4 is 15.5 Å². The molecule has 0 amide bonds. The number of hydrogen-bond acceptors (Lipinski definition) is 5. The predicted molar refractivity (Wildman–Crippen MR) is 92.5 cm³/mol. The van der Waals surface area contributed by atoms with Crippen LogP contribution in [-0.2, 0) is 4.74 Å². The molecular formula is C18H20FN3O3. The molecule has 1 aromatic heterocycles. The van der Waals surface area contributed by atoms with Crippen molar-refractivity contribution >= 4 is 16.6 Å². The second-order valence-electron chi connectivity index (χ2n) is 5.93. The lowest BCUT2D eigenvalue weighted by Crippen LogP contribution is -2.14. The van der Waals surface area contributed by atoms with Crippen molar-refractivity contribution in [2.45, 2.75) is 25.3 Å². The van der Waals surface area contributed by atoms with Gasteiger partial charge in [-0.15, -0.1) is 0 Å². The highest BCUT2D eigenvalue weighted by Gasteiger charge is 2.27. The molecule has 1 aliphatic carbocycles. The van der Waals surface area contributed by atoms with Crippen LogP contribution in [0.25, 0.3) is 10.9 Å². The quantitative estimate of drug-likeness (QED) is 0.745. The standard InChI is InChI=1S/C18H20FN3O3/c1-24-18-16(21-7-10-25-9-2-6-20)14(19)11-13-15(23)5-8-22(17(13)18)12-3-4-12/h5,8,11-12,21H,2-4,7,9-10H2,1H3. The Kier molecular flexibility index (Phi) is 5.19. The second-order valence-corrected chi connectivity index (χ2v) is 5.93. The molecule has 0 atom stereocenters. The molecule has 7 heteroatoms. The summed E-state index contributed by atoms with van der Waals surface area (Å²) >= 11 is 0. The molecule has 1 saturated carbocycles. The zero-order chi connectivity index (χ0) is 17.8. The summed E-state index contributed by atoms with van der Waals surface area (Å²) in [7, 11) is 1.47. The van der Waals surface area contributed by atoms with Crippen molar-refractivity contribution in [3.8, 4) is 11.8 Å². The largest absolute Gasteiger partial charge is 0.492 e. The number of pyridine rings is 1. The highest BCUT2D eigenvalue weighted by molar-refractivity contribution is 5.91. The molecule has 0 aliphatic heterocycles. The van der Waals surface area contributed by atoms with E-state index in [1.54, 1.807) is 6.20 Å².